The van der Waals surface area contributed by atoms with Gasteiger partial charge in [0.15, 0.2) is 0 Å². The van der Waals surface area contributed by atoms with Gasteiger partial charge in [-0.15, -0.1) is 0 Å². The number of hydrogen-bond acceptors (Lipinski definition) is 1. The Kier molecular flexibility index (Phi) is 4.55. The van der Waals surface area contributed by atoms with Crippen molar-refractivity contribution in [2.75, 3.05) is 0 Å². The van der Waals surface area contributed by atoms with Gasteiger partial charge in [0.2, 0.25) is 0 Å². The third-order valence-corrected chi connectivity index (χ3v) is 1.89. The Bertz CT molecular complexity index is 231. The van der Waals surface area contributed by atoms with Crippen LogP contribution in [0.4, 0.5) is 0 Å². The van der Waals surface area contributed by atoms with Crippen molar-refractivity contribution in [2.24, 2.45) is 0 Å². The highest BCUT2D eigenvalue weighted by atomic mass is 16.3. The van der Waals surface area contributed by atoms with Crippen LogP contribution in [0.5, 0.6) is 0 Å². The van der Waals surface area contributed by atoms with Crippen molar-refractivity contribution in [3.05, 3.63) is 35.4 Å². The maximum atomic E-state index is 9.34. The van der Waals surface area contributed by atoms with Crippen LogP contribution in [0.15, 0.2) is 24.3 Å². The summed E-state index contributed by atoms with van der Waals surface area (Å²) < 4.78 is 0. The van der Waals surface area contributed by atoms with Gasteiger partial charge in [0.25, 0.3) is 0 Å². The van der Waals surface area contributed by atoms with Gasteiger partial charge in [-0.3, -0.25) is 0 Å². The van der Waals surface area contributed by atoms with Crippen molar-refractivity contribution in [1.82, 2.24) is 0 Å². The summed E-state index contributed by atoms with van der Waals surface area (Å²) >= 11 is 0. The molecule has 0 spiro atoms. The fourth-order valence-electron chi connectivity index (χ4n) is 1.26. The molecule has 0 aromatic heterocycles. The third kappa shape index (κ3) is 2.32. The van der Waals surface area contributed by atoms with Crippen LogP contribution in [0.3, 0.4) is 0 Å². The zero-order valence-corrected chi connectivity index (χ0v) is 7.54. The maximum Gasteiger partial charge on any atom is 0.0764 e. The molecule has 0 aliphatic rings. The molecule has 1 rings (SSSR count). The van der Waals surface area contributed by atoms with Crippen molar-refractivity contribution in [3.8, 4) is 0 Å². The number of aliphatic hydroxyl groups excluding tert-OH is 1. The molecule has 2 heteroatoms. The van der Waals surface area contributed by atoms with E-state index in [-0.39, 0.29) is 11.6 Å². The molecule has 2 nitrogen and oxygen atoms in total. The largest absolute Gasteiger partial charge is 0.412 e. The van der Waals surface area contributed by atoms with E-state index in [1.54, 1.807) is 6.92 Å². The van der Waals surface area contributed by atoms with Crippen LogP contribution >= 0.6 is 0 Å². The smallest absolute Gasteiger partial charge is 0.0764 e. The van der Waals surface area contributed by atoms with Crippen LogP contribution in [0.1, 0.15) is 31.1 Å². The second-order valence-corrected chi connectivity index (χ2v) is 2.73. The lowest BCUT2D eigenvalue weighted by atomic mass is 10.0. The lowest BCUT2D eigenvalue weighted by Gasteiger charge is -2.09. The summed E-state index contributed by atoms with van der Waals surface area (Å²) in [7, 11) is 0. The topological polar surface area (TPSA) is 51.7 Å². The molecule has 68 valence electrons. The van der Waals surface area contributed by atoms with Gasteiger partial charge in [0.1, 0.15) is 0 Å². The average Bonchev–Trinajstić information content (AvgIpc) is 2.04. The van der Waals surface area contributed by atoms with E-state index in [1.165, 1.54) is 5.56 Å². The molecule has 12 heavy (non-hydrogen) atoms. The van der Waals surface area contributed by atoms with E-state index in [4.69, 9.17) is 0 Å². The molecule has 1 aromatic rings. The molecule has 0 fully saturated rings. The molecule has 1 atom stereocenters. The lowest BCUT2D eigenvalue weighted by molar-refractivity contribution is 0.198. The number of hydrogen-bond donors (Lipinski definition) is 1. The van der Waals surface area contributed by atoms with Crippen molar-refractivity contribution in [1.29, 1.82) is 0 Å². The van der Waals surface area contributed by atoms with E-state index in [0.717, 1.165) is 12.0 Å². The van der Waals surface area contributed by atoms with E-state index in [9.17, 15) is 5.11 Å². The van der Waals surface area contributed by atoms with E-state index in [2.05, 4.69) is 13.0 Å². The highest BCUT2D eigenvalue weighted by Gasteiger charge is 2.03. The van der Waals surface area contributed by atoms with E-state index in [1.807, 2.05) is 18.2 Å². The summed E-state index contributed by atoms with van der Waals surface area (Å²) in [6, 6.07) is 8.00. The summed E-state index contributed by atoms with van der Waals surface area (Å²) in [5.41, 5.74) is 2.29. The van der Waals surface area contributed by atoms with Crippen molar-refractivity contribution in [3.63, 3.8) is 0 Å². The van der Waals surface area contributed by atoms with Gasteiger partial charge < -0.3 is 10.6 Å². The first-order chi connectivity index (χ1) is 5.25. The first-order valence-corrected chi connectivity index (χ1v) is 4.01. The number of benzene rings is 1. The Labute approximate surface area is 73.2 Å². The van der Waals surface area contributed by atoms with Crippen molar-refractivity contribution >= 4 is 0 Å². The lowest BCUT2D eigenvalue weighted by Crippen LogP contribution is -1.96. The molecule has 0 radical (unpaired) electrons. The highest BCUT2D eigenvalue weighted by Crippen LogP contribution is 2.17. The summed E-state index contributed by atoms with van der Waals surface area (Å²) in [6.45, 7) is 3.90. The molecule has 1 aromatic carbocycles. The van der Waals surface area contributed by atoms with E-state index in [0.29, 0.717) is 0 Å². The standard InChI is InChI=1S/C10H14O.H2O/c1-3-9-6-4-5-7-10(9)8(2)11;/h4-8,11H,3H2,1-2H3;1H2. The van der Waals surface area contributed by atoms with Crippen LogP contribution in [-0.2, 0) is 6.42 Å². The SMILES string of the molecule is CCc1ccccc1C(C)O.O. The average molecular weight is 168 g/mol. The van der Waals surface area contributed by atoms with Gasteiger partial charge in [-0.05, 0) is 24.5 Å². The predicted octanol–water partition coefficient (Wildman–Crippen LogP) is 1.48. The summed E-state index contributed by atoms with van der Waals surface area (Å²) in [4.78, 5) is 0. The van der Waals surface area contributed by atoms with Gasteiger partial charge in [0, 0.05) is 0 Å². The molecular weight excluding hydrogens is 152 g/mol. The Morgan fingerprint density at radius 1 is 1.33 bits per heavy atom. The molecule has 3 N–H and O–H groups in total. The molecule has 0 aliphatic carbocycles. The van der Waals surface area contributed by atoms with E-state index < -0.39 is 0 Å². The number of aliphatic hydroxyl groups is 1. The van der Waals surface area contributed by atoms with E-state index >= 15 is 0 Å². The molecule has 1 unspecified atom stereocenters. The Hall–Kier alpha value is -0.860. The van der Waals surface area contributed by atoms with Crippen LogP contribution in [0.25, 0.3) is 0 Å². The van der Waals surface area contributed by atoms with Gasteiger partial charge >= 0.3 is 0 Å². The monoisotopic (exact) mass is 168 g/mol. The van der Waals surface area contributed by atoms with Crippen LogP contribution in [-0.4, -0.2) is 10.6 Å². The van der Waals surface area contributed by atoms with Crippen molar-refractivity contribution in [2.45, 2.75) is 26.4 Å². The molecule has 0 saturated carbocycles. The van der Waals surface area contributed by atoms with Crippen LogP contribution in [0, 0.1) is 0 Å². The second-order valence-electron chi connectivity index (χ2n) is 2.73. The molecule has 0 saturated heterocycles. The fourth-order valence-corrected chi connectivity index (χ4v) is 1.26. The zero-order valence-electron chi connectivity index (χ0n) is 7.54. The van der Waals surface area contributed by atoms with Crippen LogP contribution < -0.4 is 0 Å². The minimum atomic E-state index is -0.342. The minimum absolute atomic E-state index is 0. The van der Waals surface area contributed by atoms with Crippen molar-refractivity contribution < 1.29 is 10.6 Å². The quantitative estimate of drug-likeness (QED) is 0.714. The van der Waals surface area contributed by atoms with Gasteiger partial charge in [-0.25, -0.2) is 0 Å². The Balaban J connectivity index is 0.00000121. The Morgan fingerprint density at radius 2 is 1.92 bits per heavy atom. The first kappa shape index (κ1) is 11.1. The Morgan fingerprint density at radius 3 is 2.33 bits per heavy atom. The minimum Gasteiger partial charge on any atom is -0.412 e. The molecule has 0 bridgehead atoms. The van der Waals surface area contributed by atoms with Gasteiger partial charge in [0.05, 0.1) is 6.10 Å². The maximum absolute atomic E-state index is 9.34. The fraction of sp³-hybridized carbons (Fsp3) is 0.400. The zero-order chi connectivity index (χ0) is 8.27. The summed E-state index contributed by atoms with van der Waals surface area (Å²) in [5, 5.41) is 9.34. The van der Waals surface area contributed by atoms with Crippen LogP contribution in [0.2, 0.25) is 0 Å². The second kappa shape index (κ2) is 4.91. The molecule has 0 heterocycles. The third-order valence-electron chi connectivity index (χ3n) is 1.89. The van der Waals surface area contributed by atoms with Gasteiger partial charge in [-0.1, -0.05) is 31.2 Å². The normalized spacial score (nSPS) is 11.9. The highest BCUT2D eigenvalue weighted by molar-refractivity contribution is 5.28. The predicted molar refractivity (Wildman–Crippen MR) is 50.1 cm³/mol. The molecular formula is C10H16O2. The first-order valence-electron chi connectivity index (χ1n) is 4.01. The molecule has 0 amide bonds. The summed E-state index contributed by atoms with van der Waals surface area (Å²) in [6.07, 6.45) is 0.646. The number of aryl methyl sites for hydroxylation is 1. The summed E-state index contributed by atoms with van der Waals surface area (Å²) in [5.74, 6) is 0. The van der Waals surface area contributed by atoms with Gasteiger partial charge in [-0.2, -0.15) is 0 Å². The molecule has 0 aliphatic heterocycles. The number of rotatable bonds is 2.